The second kappa shape index (κ2) is 8.71. The number of aromatic nitrogens is 3. The molecule has 10 heteroatoms. The van der Waals surface area contributed by atoms with Crippen molar-refractivity contribution in [3.63, 3.8) is 0 Å². The van der Waals surface area contributed by atoms with Crippen LogP contribution >= 0.6 is 0 Å². The van der Waals surface area contributed by atoms with Gasteiger partial charge in [-0.25, -0.2) is 13.8 Å². The summed E-state index contributed by atoms with van der Waals surface area (Å²) >= 11 is 0. The van der Waals surface area contributed by atoms with E-state index in [-0.39, 0.29) is 22.8 Å². The van der Waals surface area contributed by atoms with E-state index < -0.39 is 23.8 Å². The quantitative estimate of drug-likeness (QED) is 0.394. The number of aliphatic imine (C=N–C) groups is 1. The third kappa shape index (κ3) is 3.74. The SMILES string of the molecule is Cc1cc(C2(c3ccnc(-c4cncc(F)c4)c3)N=C(N)c3c(F)cccc32)nc(C)c1OC(F)F. The highest BCUT2D eigenvalue weighted by Crippen LogP contribution is 2.47. The van der Waals surface area contributed by atoms with E-state index in [9.17, 15) is 17.6 Å². The Labute approximate surface area is 203 Å². The number of hydrogen-bond acceptors (Lipinski definition) is 6. The van der Waals surface area contributed by atoms with Gasteiger partial charge in [-0.2, -0.15) is 8.78 Å². The number of aryl methyl sites for hydroxylation is 2. The van der Waals surface area contributed by atoms with Crippen LogP contribution < -0.4 is 10.5 Å². The van der Waals surface area contributed by atoms with E-state index in [1.165, 1.54) is 37.5 Å². The Hall–Kier alpha value is -4.34. The lowest BCUT2D eigenvalue weighted by molar-refractivity contribution is -0.0510. The lowest BCUT2D eigenvalue weighted by Crippen LogP contribution is -2.28. The van der Waals surface area contributed by atoms with Crippen LogP contribution in [0.5, 0.6) is 5.75 Å². The number of pyridine rings is 3. The van der Waals surface area contributed by atoms with E-state index in [2.05, 4.69) is 19.7 Å². The molecule has 5 rings (SSSR count). The van der Waals surface area contributed by atoms with Crippen LogP contribution in [0.2, 0.25) is 0 Å². The maximum absolute atomic E-state index is 14.9. The van der Waals surface area contributed by atoms with Crippen molar-refractivity contribution < 1.29 is 22.3 Å². The van der Waals surface area contributed by atoms with Crippen LogP contribution in [0, 0.1) is 25.5 Å². The minimum absolute atomic E-state index is 0.0427. The number of amidine groups is 1. The Balaban J connectivity index is 1.80. The molecule has 0 bridgehead atoms. The zero-order valence-corrected chi connectivity index (χ0v) is 19.1. The number of alkyl halides is 2. The molecule has 0 radical (unpaired) electrons. The molecular formula is C26H19F4N5O. The van der Waals surface area contributed by atoms with Crippen molar-refractivity contribution >= 4 is 5.84 Å². The van der Waals surface area contributed by atoms with E-state index in [0.717, 1.165) is 6.20 Å². The first-order valence-corrected chi connectivity index (χ1v) is 10.9. The number of nitrogens with zero attached hydrogens (tertiary/aromatic N) is 4. The average molecular weight is 493 g/mol. The van der Waals surface area contributed by atoms with Crippen molar-refractivity contribution in [2.45, 2.75) is 26.0 Å². The minimum atomic E-state index is -3.03. The van der Waals surface area contributed by atoms with Gasteiger partial charge < -0.3 is 10.5 Å². The number of fused-ring (bicyclic) bond motifs is 1. The van der Waals surface area contributed by atoms with Crippen molar-refractivity contribution in [1.29, 1.82) is 0 Å². The van der Waals surface area contributed by atoms with Gasteiger partial charge in [0.15, 0.2) is 5.54 Å². The normalized spacial score (nSPS) is 16.7. The molecule has 182 valence electrons. The zero-order valence-electron chi connectivity index (χ0n) is 19.1. The lowest BCUT2D eigenvalue weighted by atomic mass is 9.79. The number of ether oxygens (including phenoxy) is 1. The maximum Gasteiger partial charge on any atom is 0.387 e. The summed E-state index contributed by atoms with van der Waals surface area (Å²) in [5, 5.41) is 0. The van der Waals surface area contributed by atoms with Crippen LogP contribution in [0.25, 0.3) is 11.3 Å². The number of nitrogens with two attached hydrogens (primary N) is 1. The van der Waals surface area contributed by atoms with E-state index in [1.54, 1.807) is 31.2 Å². The van der Waals surface area contributed by atoms with E-state index in [1.807, 2.05) is 0 Å². The fourth-order valence-electron chi connectivity index (χ4n) is 4.58. The summed E-state index contributed by atoms with van der Waals surface area (Å²) in [5.74, 6) is -1.20. The Morgan fingerprint density at radius 2 is 1.83 bits per heavy atom. The van der Waals surface area contributed by atoms with Gasteiger partial charge in [0.2, 0.25) is 0 Å². The van der Waals surface area contributed by atoms with Gasteiger partial charge in [-0.3, -0.25) is 15.0 Å². The molecule has 1 unspecified atom stereocenters. The first-order valence-electron chi connectivity index (χ1n) is 10.9. The Morgan fingerprint density at radius 1 is 1.03 bits per heavy atom. The molecule has 0 fully saturated rings. The monoisotopic (exact) mass is 493 g/mol. The molecule has 1 aromatic carbocycles. The first-order chi connectivity index (χ1) is 17.2. The summed E-state index contributed by atoms with van der Waals surface area (Å²) in [6, 6.07) is 10.7. The number of hydrogen-bond donors (Lipinski definition) is 1. The van der Waals surface area contributed by atoms with Crippen LogP contribution in [0.3, 0.4) is 0 Å². The smallest absolute Gasteiger partial charge is 0.387 e. The fraction of sp³-hybridized carbons (Fsp3) is 0.154. The Morgan fingerprint density at radius 3 is 2.56 bits per heavy atom. The van der Waals surface area contributed by atoms with E-state index in [4.69, 9.17) is 10.7 Å². The van der Waals surface area contributed by atoms with Gasteiger partial charge in [0.25, 0.3) is 0 Å². The molecule has 1 atom stereocenters. The summed E-state index contributed by atoms with van der Waals surface area (Å²) in [7, 11) is 0. The highest BCUT2D eigenvalue weighted by molar-refractivity contribution is 6.03. The Kier molecular flexibility index (Phi) is 5.66. The zero-order chi connectivity index (χ0) is 25.6. The van der Waals surface area contributed by atoms with Gasteiger partial charge >= 0.3 is 6.61 Å². The molecule has 1 aliphatic heterocycles. The molecule has 36 heavy (non-hydrogen) atoms. The molecule has 0 saturated carbocycles. The molecule has 4 heterocycles. The van der Waals surface area contributed by atoms with Crippen molar-refractivity contribution in [3.8, 4) is 17.0 Å². The molecule has 4 aromatic rings. The highest BCUT2D eigenvalue weighted by Gasteiger charge is 2.46. The number of rotatable bonds is 5. The predicted octanol–water partition coefficient (Wildman–Crippen LogP) is 5.05. The van der Waals surface area contributed by atoms with Crippen LogP contribution in [-0.4, -0.2) is 27.4 Å². The van der Waals surface area contributed by atoms with E-state index in [0.29, 0.717) is 33.6 Å². The third-order valence-electron chi connectivity index (χ3n) is 6.03. The van der Waals surface area contributed by atoms with Gasteiger partial charge in [-0.15, -0.1) is 0 Å². The molecule has 3 aromatic heterocycles. The molecule has 0 spiro atoms. The van der Waals surface area contributed by atoms with Crippen LogP contribution in [-0.2, 0) is 5.54 Å². The second-order valence-electron chi connectivity index (χ2n) is 8.31. The van der Waals surface area contributed by atoms with Gasteiger partial charge in [0.1, 0.15) is 23.2 Å². The summed E-state index contributed by atoms with van der Waals surface area (Å²) < 4.78 is 59.4. The maximum atomic E-state index is 14.9. The summed E-state index contributed by atoms with van der Waals surface area (Å²) in [6.07, 6.45) is 4.05. The fourth-order valence-corrected chi connectivity index (χ4v) is 4.58. The topological polar surface area (TPSA) is 86.3 Å². The van der Waals surface area contributed by atoms with Crippen LogP contribution in [0.1, 0.15) is 33.6 Å². The lowest BCUT2D eigenvalue weighted by Gasteiger charge is -2.29. The molecule has 2 N–H and O–H groups in total. The summed E-state index contributed by atoms with van der Waals surface area (Å²) in [4.78, 5) is 17.5. The molecule has 0 amide bonds. The molecule has 0 aliphatic carbocycles. The molecular weight excluding hydrogens is 474 g/mol. The van der Waals surface area contributed by atoms with Gasteiger partial charge in [-0.05, 0) is 55.3 Å². The second-order valence-corrected chi connectivity index (χ2v) is 8.31. The summed E-state index contributed by atoms with van der Waals surface area (Å²) in [5.41, 5.74) is 7.56. The first kappa shape index (κ1) is 23.4. The third-order valence-corrected chi connectivity index (χ3v) is 6.03. The standard InChI is InChI=1S/C26H19F4N5O/c1-13-8-21(34-14(2)23(13)36-25(29)30)26(18-4-3-5-19(28)22(18)24(31)35-26)16-6-7-33-20(10-16)15-9-17(27)12-32-11-15/h3-12,25H,1-2H3,(H2,31,35). The minimum Gasteiger partial charge on any atom is -0.433 e. The average Bonchev–Trinajstić information content (AvgIpc) is 3.16. The van der Waals surface area contributed by atoms with Crippen molar-refractivity contribution in [1.82, 2.24) is 15.0 Å². The Bertz CT molecular complexity index is 1500. The molecule has 0 saturated heterocycles. The largest absolute Gasteiger partial charge is 0.433 e. The highest BCUT2D eigenvalue weighted by atomic mass is 19.3. The molecule has 6 nitrogen and oxygen atoms in total. The van der Waals surface area contributed by atoms with Crippen molar-refractivity contribution in [2.24, 2.45) is 10.7 Å². The van der Waals surface area contributed by atoms with Crippen molar-refractivity contribution in [2.75, 3.05) is 0 Å². The van der Waals surface area contributed by atoms with Gasteiger partial charge in [0.05, 0.1) is 28.8 Å². The van der Waals surface area contributed by atoms with Crippen LogP contribution in [0.15, 0.2) is 66.0 Å². The van der Waals surface area contributed by atoms with E-state index >= 15 is 0 Å². The molecule has 1 aliphatic rings. The van der Waals surface area contributed by atoms with Crippen LogP contribution in [0.4, 0.5) is 17.6 Å². The van der Waals surface area contributed by atoms with Gasteiger partial charge in [0, 0.05) is 23.5 Å². The summed E-state index contributed by atoms with van der Waals surface area (Å²) in [6.45, 7) is 0.114. The van der Waals surface area contributed by atoms with Gasteiger partial charge in [-0.1, -0.05) is 12.1 Å². The predicted molar refractivity (Wildman–Crippen MR) is 125 cm³/mol. The van der Waals surface area contributed by atoms with Crippen molar-refractivity contribution in [3.05, 3.63) is 106 Å². The number of benzene rings is 1. The number of halogens is 4.